The summed E-state index contributed by atoms with van der Waals surface area (Å²) >= 11 is 8.14. The third kappa shape index (κ3) is 4.56. The van der Waals surface area contributed by atoms with E-state index in [0.29, 0.717) is 4.47 Å². The zero-order valence-corrected chi connectivity index (χ0v) is 14.9. The predicted molar refractivity (Wildman–Crippen MR) is 96.9 cm³/mol. The first kappa shape index (κ1) is 17.5. The molecule has 0 fully saturated rings. The summed E-state index contributed by atoms with van der Waals surface area (Å²) in [7, 11) is 0. The van der Waals surface area contributed by atoms with E-state index in [9.17, 15) is 8.78 Å². The standard InChI is InChI=1S/C16H14BrF2N3S/c1-9-4-3-5-10(2)15(9)21-16(23)22-20-8-12-13(18)6-11(17)7-14(12)19/h3-8H,1-2H3,(H2,21,22,23)/b20-8+. The highest BCUT2D eigenvalue weighted by Gasteiger charge is 2.08. The van der Waals surface area contributed by atoms with E-state index in [4.69, 9.17) is 12.2 Å². The summed E-state index contributed by atoms with van der Waals surface area (Å²) in [4.78, 5) is 0. The number of hydrogen-bond donors (Lipinski definition) is 2. The van der Waals surface area contributed by atoms with Gasteiger partial charge in [0.2, 0.25) is 0 Å². The van der Waals surface area contributed by atoms with Crippen molar-refractivity contribution in [2.75, 3.05) is 5.32 Å². The lowest BCUT2D eigenvalue weighted by Gasteiger charge is -2.12. The monoisotopic (exact) mass is 397 g/mol. The molecule has 2 rings (SSSR count). The van der Waals surface area contributed by atoms with Crippen molar-refractivity contribution in [3.8, 4) is 0 Å². The summed E-state index contributed by atoms with van der Waals surface area (Å²) in [5.41, 5.74) is 5.25. The Morgan fingerprint density at radius 2 is 1.74 bits per heavy atom. The van der Waals surface area contributed by atoms with Crippen molar-refractivity contribution in [1.29, 1.82) is 0 Å². The highest BCUT2D eigenvalue weighted by molar-refractivity contribution is 9.10. The van der Waals surface area contributed by atoms with Crippen LogP contribution in [0.15, 0.2) is 39.9 Å². The Labute approximate surface area is 146 Å². The third-order valence-corrected chi connectivity index (χ3v) is 3.77. The molecule has 0 aromatic heterocycles. The van der Waals surface area contributed by atoms with E-state index >= 15 is 0 Å². The molecule has 23 heavy (non-hydrogen) atoms. The van der Waals surface area contributed by atoms with Gasteiger partial charge in [-0.25, -0.2) is 8.78 Å². The molecule has 7 heteroatoms. The molecule has 0 heterocycles. The minimum atomic E-state index is -0.712. The van der Waals surface area contributed by atoms with Crippen molar-refractivity contribution in [3.05, 3.63) is 63.1 Å². The summed E-state index contributed by atoms with van der Waals surface area (Å²) in [5, 5.41) is 7.02. The number of nitrogens with zero attached hydrogens (tertiary/aromatic N) is 1. The van der Waals surface area contributed by atoms with E-state index < -0.39 is 11.6 Å². The van der Waals surface area contributed by atoms with E-state index in [1.807, 2.05) is 32.0 Å². The molecule has 0 spiro atoms. The molecule has 0 saturated heterocycles. The number of hydrazone groups is 1. The first-order valence-electron chi connectivity index (χ1n) is 6.69. The first-order chi connectivity index (χ1) is 10.9. The molecule has 2 N–H and O–H groups in total. The number of hydrogen-bond acceptors (Lipinski definition) is 2. The topological polar surface area (TPSA) is 36.4 Å². The number of nitrogens with one attached hydrogen (secondary N) is 2. The van der Waals surface area contributed by atoms with Gasteiger partial charge >= 0.3 is 0 Å². The molecule has 0 amide bonds. The maximum Gasteiger partial charge on any atom is 0.191 e. The Bertz CT molecular complexity index is 735. The minimum absolute atomic E-state index is 0.233. The van der Waals surface area contributed by atoms with Gasteiger partial charge in [-0.1, -0.05) is 34.1 Å². The van der Waals surface area contributed by atoms with Gasteiger partial charge in [-0.3, -0.25) is 5.43 Å². The molecule has 0 atom stereocenters. The van der Waals surface area contributed by atoms with Crippen LogP contribution in [0, 0.1) is 25.5 Å². The van der Waals surface area contributed by atoms with Crippen LogP contribution < -0.4 is 10.7 Å². The van der Waals surface area contributed by atoms with Crippen LogP contribution in [0.25, 0.3) is 0 Å². The Morgan fingerprint density at radius 3 is 2.30 bits per heavy atom. The molecule has 0 aliphatic heterocycles. The number of anilines is 1. The quantitative estimate of drug-likeness (QED) is 0.449. The second-order valence-corrected chi connectivity index (χ2v) is 6.20. The molecule has 0 bridgehead atoms. The molecule has 0 radical (unpaired) electrons. The van der Waals surface area contributed by atoms with Crippen molar-refractivity contribution >= 4 is 45.2 Å². The lowest BCUT2D eigenvalue weighted by molar-refractivity contribution is 0.578. The largest absolute Gasteiger partial charge is 0.331 e. The zero-order valence-electron chi connectivity index (χ0n) is 12.5. The van der Waals surface area contributed by atoms with E-state index in [1.54, 1.807) is 0 Å². The van der Waals surface area contributed by atoms with Gasteiger partial charge in [0.15, 0.2) is 5.11 Å². The molecular weight excluding hydrogens is 384 g/mol. The van der Waals surface area contributed by atoms with E-state index in [2.05, 4.69) is 31.8 Å². The van der Waals surface area contributed by atoms with Crippen LogP contribution in [0.1, 0.15) is 16.7 Å². The Balaban J connectivity index is 2.05. The third-order valence-electron chi connectivity index (χ3n) is 3.12. The van der Waals surface area contributed by atoms with Gasteiger partial charge in [0.05, 0.1) is 11.8 Å². The van der Waals surface area contributed by atoms with Gasteiger partial charge in [-0.05, 0) is 49.3 Å². The lowest BCUT2D eigenvalue weighted by Crippen LogP contribution is -2.24. The van der Waals surface area contributed by atoms with Gasteiger partial charge < -0.3 is 5.32 Å². The number of benzene rings is 2. The molecule has 0 aliphatic rings. The van der Waals surface area contributed by atoms with E-state index in [1.165, 1.54) is 0 Å². The first-order valence-corrected chi connectivity index (χ1v) is 7.89. The molecule has 2 aromatic carbocycles. The highest BCUT2D eigenvalue weighted by atomic mass is 79.9. The second kappa shape index (κ2) is 7.61. The highest BCUT2D eigenvalue weighted by Crippen LogP contribution is 2.19. The molecule has 0 saturated carbocycles. The average molecular weight is 398 g/mol. The summed E-state index contributed by atoms with van der Waals surface area (Å²) in [6.07, 6.45) is 1.05. The lowest BCUT2D eigenvalue weighted by atomic mass is 10.1. The van der Waals surface area contributed by atoms with Gasteiger partial charge in [0.1, 0.15) is 11.6 Å². The smallest absolute Gasteiger partial charge is 0.191 e. The van der Waals surface area contributed by atoms with Crippen LogP contribution in [0.5, 0.6) is 0 Å². The predicted octanol–water partition coefficient (Wildman–Crippen LogP) is 4.66. The molecule has 0 unspecified atom stereocenters. The van der Waals surface area contributed by atoms with Crippen LogP contribution in [-0.4, -0.2) is 11.3 Å². The zero-order chi connectivity index (χ0) is 17.0. The number of rotatable bonds is 3. The second-order valence-electron chi connectivity index (χ2n) is 4.87. The SMILES string of the molecule is Cc1cccc(C)c1NC(=S)N/N=C/c1c(F)cc(Br)cc1F. The Hall–Kier alpha value is -1.86. The van der Waals surface area contributed by atoms with Gasteiger partial charge in [0, 0.05) is 10.2 Å². The number of thiocarbonyl (C=S) groups is 1. The van der Waals surface area contributed by atoms with E-state index in [-0.39, 0.29) is 10.7 Å². The molecule has 2 aromatic rings. The van der Waals surface area contributed by atoms with Gasteiger partial charge in [0.25, 0.3) is 0 Å². The summed E-state index contributed by atoms with van der Waals surface area (Å²) in [5.74, 6) is -1.42. The maximum absolute atomic E-state index is 13.7. The summed E-state index contributed by atoms with van der Waals surface area (Å²) in [6, 6.07) is 8.18. The summed E-state index contributed by atoms with van der Waals surface area (Å²) < 4.78 is 27.6. The molecular formula is C16H14BrF2N3S. The Morgan fingerprint density at radius 1 is 1.17 bits per heavy atom. The van der Waals surface area contributed by atoms with Crippen LogP contribution in [-0.2, 0) is 0 Å². The Kier molecular flexibility index (Phi) is 5.79. The number of halogens is 3. The van der Waals surface area contributed by atoms with Crippen molar-refractivity contribution in [2.24, 2.45) is 5.10 Å². The van der Waals surface area contributed by atoms with Crippen LogP contribution >= 0.6 is 28.1 Å². The summed E-state index contributed by atoms with van der Waals surface area (Å²) in [6.45, 7) is 3.90. The maximum atomic E-state index is 13.7. The fourth-order valence-corrected chi connectivity index (χ4v) is 2.54. The average Bonchev–Trinajstić information content (AvgIpc) is 2.46. The molecule has 0 aliphatic carbocycles. The molecule has 3 nitrogen and oxygen atoms in total. The fraction of sp³-hybridized carbons (Fsp3) is 0.125. The van der Waals surface area contributed by atoms with Crippen molar-refractivity contribution in [1.82, 2.24) is 5.43 Å². The van der Waals surface area contributed by atoms with Gasteiger partial charge in [-0.2, -0.15) is 5.10 Å². The van der Waals surface area contributed by atoms with Crippen LogP contribution in [0.4, 0.5) is 14.5 Å². The number of aryl methyl sites for hydroxylation is 2. The van der Waals surface area contributed by atoms with Crippen molar-refractivity contribution in [3.63, 3.8) is 0 Å². The van der Waals surface area contributed by atoms with Gasteiger partial charge in [-0.15, -0.1) is 0 Å². The number of para-hydroxylation sites is 1. The van der Waals surface area contributed by atoms with Crippen molar-refractivity contribution in [2.45, 2.75) is 13.8 Å². The molecule has 120 valence electrons. The minimum Gasteiger partial charge on any atom is -0.331 e. The van der Waals surface area contributed by atoms with Crippen LogP contribution in [0.2, 0.25) is 0 Å². The van der Waals surface area contributed by atoms with E-state index in [0.717, 1.165) is 35.2 Å². The fourth-order valence-electron chi connectivity index (χ4n) is 1.99. The normalized spacial score (nSPS) is 10.8. The van der Waals surface area contributed by atoms with Crippen molar-refractivity contribution < 1.29 is 8.78 Å². The van der Waals surface area contributed by atoms with Crippen LogP contribution in [0.3, 0.4) is 0 Å².